The molecule has 0 atom stereocenters. The molecule has 2 aliphatic heterocycles. The van der Waals surface area contributed by atoms with E-state index in [9.17, 15) is 17.2 Å². The van der Waals surface area contributed by atoms with Crippen LogP contribution in [-0.4, -0.2) is 74.7 Å². The lowest BCUT2D eigenvalue weighted by Crippen LogP contribution is -2.53. The number of hydrogen-bond acceptors (Lipinski definition) is 6. The molecule has 1 aromatic heterocycles. The predicted molar refractivity (Wildman–Crippen MR) is 89.8 cm³/mol. The SMILES string of the molecule is Cc1nc(OC(F)F)ccc1S(=O)(=O)N1CCN(C2CCOCC2)CC1. The summed E-state index contributed by atoms with van der Waals surface area (Å²) in [6.45, 7) is 2.11. The van der Waals surface area contributed by atoms with Crippen molar-refractivity contribution in [2.75, 3.05) is 39.4 Å². The maximum atomic E-state index is 12.9. The van der Waals surface area contributed by atoms with E-state index in [0.717, 1.165) is 32.1 Å². The third-order valence-corrected chi connectivity index (χ3v) is 6.85. The fraction of sp³-hybridized carbons (Fsp3) is 0.688. The number of aryl methyl sites for hydroxylation is 1. The lowest BCUT2D eigenvalue weighted by molar-refractivity contribution is -0.0529. The van der Waals surface area contributed by atoms with Crippen LogP contribution in [0.25, 0.3) is 0 Å². The van der Waals surface area contributed by atoms with Gasteiger partial charge in [-0.1, -0.05) is 0 Å². The van der Waals surface area contributed by atoms with Gasteiger partial charge in [0, 0.05) is 51.5 Å². The van der Waals surface area contributed by atoms with Crippen LogP contribution in [0, 0.1) is 6.92 Å². The summed E-state index contributed by atoms with van der Waals surface area (Å²) in [5.41, 5.74) is 0.148. The molecule has 0 saturated carbocycles. The minimum absolute atomic E-state index is 0.0265. The average Bonchev–Trinajstić information content (AvgIpc) is 2.62. The molecule has 3 rings (SSSR count). The molecule has 10 heteroatoms. The van der Waals surface area contributed by atoms with Crippen molar-refractivity contribution in [2.45, 2.75) is 37.3 Å². The summed E-state index contributed by atoms with van der Waals surface area (Å²) in [6, 6.07) is 2.88. The maximum Gasteiger partial charge on any atom is 0.388 e. The summed E-state index contributed by atoms with van der Waals surface area (Å²) >= 11 is 0. The Labute approximate surface area is 151 Å². The number of pyridine rings is 1. The van der Waals surface area contributed by atoms with E-state index in [-0.39, 0.29) is 16.5 Å². The number of aromatic nitrogens is 1. The van der Waals surface area contributed by atoms with Crippen LogP contribution in [0.4, 0.5) is 8.78 Å². The van der Waals surface area contributed by atoms with E-state index in [1.807, 2.05) is 0 Å². The van der Waals surface area contributed by atoms with Gasteiger partial charge in [-0.05, 0) is 25.8 Å². The Morgan fingerprint density at radius 1 is 1.19 bits per heavy atom. The minimum atomic E-state index is -3.72. The van der Waals surface area contributed by atoms with E-state index in [0.29, 0.717) is 32.2 Å². The molecule has 0 N–H and O–H groups in total. The smallest absolute Gasteiger partial charge is 0.388 e. The van der Waals surface area contributed by atoms with E-state index in [1.165, 1.54) is 17.3 Å². The van der Waals surface area contributed by atoms with Gasteiger partial charge in [0.25, 0.3) is 0 Å². The molecule has 0 radical (unpaired) electrons. The molecule has 2 aliphatic rings. The molecule has 26 heavy (non-hydrogen) atoms. The van der Waals surface area contributed by atoms with Crippen molar-refractivity contribution in [1.82, 2.24) is 14.2 Å². The first-order valence-corrected chi connectivity index (χ1v) is 10.1. The normalized spacial score (nSPS) is 21.2. The Kier molecular flexibility index (Phi) is 6.06. The van der Waals surface area contributed by atoms with Gasteiger partial charge in [0.2, 0.25) is 15.9 Å². The summed E-state index contributed by atoms with van der Waals surface area (Å²) in [4.78, 5) is 6.18. The number of sulfonamides is 1. The Balaban J connectivity index is 1.67. The van der Waals surface area contributed by atoms with Gasteiger partial charge >= 0.3 is 6.61 Å². The molecule has 7 nitrogen and oxygen atoms in total. The number of piperazine rings is 1. The van der Waals surface area contributed by atoms with E-state index < -0.39 is 16.6 Å². The highest BCUT2D eigenvalue weighted by Gasteiger charge is 2.32. The number of alkyl halides is 2. The summed E-state index contributed by atoms with van der Waals surface area (Å²) in [6.07, 6.45) is 1.95. The van der Waals surface area contributed by atoms with E-state index in [2.05, 4.69) is 14.6 Å². The van der Waals surface area contributed by atoms with Crippen molar-refractivity contribution in [2.24, 2.45) is 0 Å². The van der Waals surface area contributed by atoms with Gasteiger partial charge in [-0.25, -0.2) is 13.4 Å². The number of rotatable bonds is 5. The zero-order chi connectivity index (χ0) is 18.7. The maximum absolute atomic E-state index is 12.9. The van der Waals surface area contributed by atoms with Crippen LogP contribution in [0.1, 0.15) is 18.5 Å². The van der Waals surface area contributed by atoms with Gasteiger partial charge in [-0.2, -0.15) is 13.1 Å². The molecule has 2 saturated heterocycles. The van der Waals surface area contributed by atoms with Crippen LogP contribution in [-0.2, 0) is 14.8 Å². The highest BCUT2D eigenvalue weighted by molar-refractivity contribution is 7.89. The van der Waals surface area contributed by atoms with Gasteiger partial charge in [0.05, 0.1) is 5.69 Å². The summed E-state index contributed by atoms with van der Waals surface area (Å²) in [5.74, 6) is -0.291. The summed E-state index contributed by atoms with van der Waals surface area (Å²) in [7, 11) is -3.72. The summed E-state index contributed by atoms with van der Waals surface area (Å²) < 4.78 is 61.3. The number of ether oxygens (including phenoxy) is 2. The second-order valence-electron chi connectivity index (χ2n) is 6.40. The van der Waals surface area contributed by atoms with Gasteiger partial charge in [0.15, 0.2) is 0 Å². The Morgan fingerprint density at radius 2 is 1.85 bits per heavy atom. The number of halogens is 2. The second-order valence-corrected chi connectivity index (χ2v) is 8.30. The minimum Gasteiger partial charge on any atom is -0.417 e. The van der Waals surface area contributed by atoms with Gasteiger partial charge in [-0.15, -0.1) is 0 Å². The zero-order valence-corrected chi connectivity index (χ0v) is 15.4. The molecular formula is C16H23F2N3O4S. The topological polar surface area (TPSA) is 72.0 Å². The molecule has 3 heterocycles. The molecular weight excluding hydrogens is 368 g/mol. The van der Waals surface area contributed by atoms with Crippen molar-refractivity contribution < 1.29 is 26.7 Å². The van der Waals surface area contributed by atoms with Crippen LogP contribution < -0.4 is 4.74 Å². The first-order valence-electron chi connectivity index (χ1n) is 8.62. The molecule has 0 amide bonds. The molecule has 146 valence electrons. The first-order chi connectivity index (χ1) is 12.4. The Hall–Kier alpha value is -1.36. The van der Waals surface area contributed by atoms with Gasteiger partial charge in [-0.3, -0.25) is 4.90 Å². The highest BCUT2D eigenvalue weighted by Crippen LogP contribution is 2.24. The zero-order valence-electron chi connectivity index (χ0n) is 14.6. The predicted octanol–water partition coefficient (Wildman–Crippen LogP) is 1.48. The van der Waals surface area contributed by atoms with Crippen LogP contribution in [0.5, 0.6) is 5.88 Å². The van der Waals surface area contributed by atoms with Crippen LogP contribution in [0.3, 0.4) is 0 Å². The average molecular weight is 391 g/mol. The lowest BCUT2D eigenvalue weighted by Gasteiger charge is -2.40. The van der Waals surface area contributed by atoms with E-state index in [4.69, 9.17) is 4.74 Å². The lowest BCUT2D eigenvalue weighted by atomic mass is 10.1. The van der Waals surface area contributed by atoms with Crippen molar-refractivity contribution in [3.05, 3.63) is 17.8 Å². The molecule has 0 aliphatic carbocycles. The van der Waals surface area contributed by atoms with Gasteiger partial charge < -0.3 is 9.47 Å². The number of hydrogen-bond donors (Lipinski definition) is 0. The first kappa shape index (κ1) is 19.4. The fourth-order valence-electron chi connectivity index (χ4n) is 3.45. The molecule has 0 spiro atoms. The van der Waals surface area contributed by atoms with Crippen molar-refractivity contribution in [1.29, 1.82) is 0 Å². The molecule has 0 aromatic carbocycles. The fourth-order valence-corrected chi connectivity index (χ4v) is 5.03. The second kappa shape index (κ2) is 8.12. The molecule has 2 fully saturated rings. The Bertz CT molecular complexity index is 718. The summed E-state index contributed by atoms with van der Waals surface area (Å²) in [5, 5.41) is 0. The number of nitrogens with zero attached hydrogens (tertiary/aromatic N) is 3. The largest absolute Gasteiger partial charge is 0.417 e. The van der Waals surface area contributed by atoms with Gasteiger partial charge in [0.1, 0.15) is 4.90 Å². The van der Waals surface area contributed by atoms with Crippen molar-refractivity contribution in [3.63, 3.8) is 0 Å². The van der Waals surface area contributed by atoms with Crippen LogP contribution in [0.2, 0.25) is 0 Å². The van der Waals surface area contributed by atoms with Crippen LogP contribution >= 0.6 is 0 Å². The van der Waals surface area contributed by atoms with E-state index >= 15 is 0 Å². The third-order valence-electron chi connectivity index (χ3n) is 4.82. The molecule has 0 bridgehead atoms. The highest BCUT2D eigenvalue weighted by atomic mass is 32.2. The molecule has 0 unspecified atom stereocenters. The Morgan fingerprint density at radius 3 is 2.42 bits per heavy atom. The third kappa shape index (κ3) is 4.30. The van der Waals surface area contributed by atoms with E-state index in [1.54, 1.807) is 0 Å². The van der Waals surface area contributed by atoms with Crippen LogP contribution in [0.15, 0.2) is 17.0 Å². The standard InChI is InChI=1S/C16H23F2N3O4S/c1-12-14(2-3-15(19-12)25-16(17)18)26(22,23)21-8-6-20(7-9-21)13-4-10-24-11-5-13/h2-3,13,16H,4-11H2,1H3. The van der Waals surface area contributed by atoms with Crippen molar-refractivity contribution in [3.8, 4) is 5.88 Å². The monoisotopic (exact) mass is 391 g/mol. The quantitative estimate of drug-likeness (QED) is 0.757. The molecule has 1 aromatic rings. The van der Waals surface area contributed by atoms with Crippen molar-refractivity contribution >= 4 is 10.0 Å².